The summed E-state index contributed by atoms with van der Waals surface area (Å²) in [6, 6.07) is -0.0646. The zero-order valence-corrected chi connectivity index (χ0v) is 20.8. The number of carbonyl (C=O) groups excluding carboxylic acids is 1. The molecule has 4 rings (SSSR count). The van der Waals surface area contributed by atoms with Crippen LogP contribution in [0, 0.1) is 10.8 Å². The normalized spacial score (nSPS) is 25.8. The average molecular weight is 483 g/mol. The maximum atomic E-state index is 13.0. The minimum absolute atomic E-state index is 0.0586. The van der Waals surface area contributed by atoms with Crippen LogP contribution in [0.4, 0.5) is 23.9 Å². The molecule has 1 spiro atoms. The number of rotatable bonds is 4. The van der Waals surface area contributed by atoms with E-state index in [1.165, 1.54) is 6.42 Å². The van der Waals surface area contributed by atoms with Crippen LogP contribution in [0.2, 0.25) is 0 Å². The Morgan fingerprint density at radius 2 is 1.65 bits per heavy atom. The Bertz CT molecular complexity index is 858. The summed E-state index contributed by atoms with van der Waals surface area (Å²) in [4.78, 5) is 27.1. The van der Waals surface area contributed by atoms with Gasteiger partial charge in [0.15, 0.2) is 0 Å². The molecule has 0 aromatic carbocycles. The number of halogens is 3. The summed E-state index contributed by atoms with van der Waals surface area (Å²) in [5.41, 5.74) is -0.127. The summed E-state index contributed by atoms with van der Waals surface area (Å²) in [6.45, 7) is 15.1. The maximum Gasteiger partial charge on any atom is 0.419 e. The van der Waals surface area contributed by atoms with Crippen LogP contribution in [0.15, 0.2) is 12.4 Å². The Morgan fingerprint density at radius 1 is 1.09 bits per heavy atom. The molecule has 0 radical (unpaired) electrons. The predicted octanol–water partition coefficient (Wildman–Crippen LogP) is 4.00. The monoisotopic (exact) mass is 482 g/mol. The third-order valence-corrected chi connectivity index (χ3v) is 7.38. The molecule has 190 valence electrons. The van der Waals surface area contributed by atoms with Gasteiger partial charge in [-0.1, -0.05) is 20.8 Å². The molecule has 1 aliphatic carbocycles. The van der Waals surface area contributed by atoms with Crippen molar-refractivity contribution in [1.29, 1.82) is 0 Å². The van der Waals surface area contributed by atoms with Crippen molar-refractivity contribution < 1.29 is 18.0 Å². The molecule has 2 aliphatic heterocycles. The zero-order valence-electron chi connectivity index (χ0n) is 20.8. The summed E-state index contributed by atoms with van der Waals surface area (Å²) in [5, 5.41) is 3.21. The fourth-order valence-electron chi connectivity index (χ4n) is 5.67. The van der Waals surface area contributed by atoms with E-state index >= 15 is 0 Å². The molecule has 34 heavy (non-hydrogen) atoms. The van der Waals surface area contributed by atoms with Gasteiger partial charge in [0.05, 0.1) is 5.56 Å². The van der Waals surface area contributed by atoms with E-state index in [9.17, 15) is 18.0 Å². The first-order chi connectivity index (χ1) is 15.7. The van der Waals surface area contributed by atoms with Crippen LogP contribution >= 0.6 is 0 Å². The highest BCUT2D eigenvalue weighted by molar-refractivity contribution is 5.76. The molecule has 1 aromatic rings. The van der Waals surface area contributed by atoms with Crippen molar-refractivity contribution in [2.75, 3.05) is 37.6 Å². The number of aromatic nitrogens is 2. The van der Waals surface area contributed by atoms with E-state index in [0.29, 0.717) is 23.9 Å². The minimum Gasteiger partial charge on any atom is -0.337 e. The lowest BCUT2D eigenvalue weighted by Crippen LogP contribution is -2.68. The Kier molecular flexibility index (Phi) is 6.50. The van der Waals surface area contributed by atoms with Crippen molar-refractivity contribution in [3.05, 3.63) is 18.0 Å². The quantitative estimate of drug-likeness (QED) is 0.703. The van der Waals surface area contributed by atoms with Gasteiger partial charge in [-0.3, -0.25) is 0 Å². The van der Waals surface area contributed by atoms with Crippen LogP contribution in [0.3, 0.4) is 0 Å². The van der Waals surface area contributed by atoms with Gasteiger partial charge in [-0.05, 0) is 50.5 Å². The smallest absolute Gasteiger partial charge is 0.337 e. The molecule has 0 unspecified atom stereocenters. The lowest BCUT2D eigenvalue weighted by Gasteiger charge is -2.60. The zero-order chi connectivity index (χ0) is 24.9. The fraction of sp³-hybridized carbons (Fsp3) is 0.792. The van der Waals surface area contributed by atoms with E-state index in [-0.39, 0.29) is 30.1 Å². The predicted molar refractivity (Wildman–Crippen MR) is 125 cm³/mol. The number of anilines is 1. The van der Waals surface area contributed by atoms with E-state index in [1.54, 1.807) is 0 Å². The van der Waals surface area contributed by atoms with Crippen LogP contribution < -0.4 is 10.2 Å². The van der Waals surface area contributed by atoms with Gasteiger partial charge in [0.25, 0.3) is 0 Å². The summed E-state index contributed by atoms with van der Waals surface area (Å²) in [7, 11) is 0. The molecule has 0 bridgehead atoms. The van der Waals surface area contributed by atoms with Gasteiger partial charge < -0.3 is 20.0 Å². The molecule has 1 N–H and O–H groups in total. The summed E-state index contributed by atoms with van der Waals surface area (Å²) >= 11 is 0. The van der Waals surface area contributed by atoms with Gasteiger partial charge >= 0.3 is 12.2 Å². The van der Waals surface area contributed by atoms with Crippen LogP contribution in [-0.2, 0) is 6.18 Å². The first kappa shape index (κ1) is 25.0. The van der Waals surface area contributed by atoms with Gasteiger partial charge in [-0.15, -0.1) is 0 Å². The second-order valence-electron chi connectivity index (χ2n) is 11.9. The topological polar surface area (TPSA) is 64.6 Å². The molecule has 10 heteroatoms. The number of urea groups is 1. The van der Waals surface area contributed by atoms with Gasteiger partial charge in [-0.25, -0.2) is 14.8 Å². The minimum atomic E-state index is -4.46. The van der Waals surface area contributed by atoms with Gasteiger partial charge in [0, 0.05) is 56.7 Å². The molecule has 3 heterocycles. The van der Waals surface area contributed by atoms with E-state index in [0.717, 1.165) is 44.9 Å². The van der Waals surface area contributed by atoms with Crippen LogP contribution in [0.25, 0.3) is 0 Å². The van der Waals surface area contributed by atoms with Gasteiger partial charge in [-0.2, -0.15) is 13.2 Å². The highest BCUT2D eigenvalue weighted by Gasteiger charge is 2.52. The van der Waals surface area contributed by atoms with E-state index in [2.05, 4.69) is 41.0 Å². The van der Waals surface area contributed by atoms with Crippen molar-refractivity contribution in [3.63, 3.8) is 0 Å². The number of nitrogens with one attached hydrogen (secondary N) is 1. The number of hydrogen-bond donors (Lipinski definition) is 1. The summed E-state index contributed by atoms with van der Waals surface area (Å²) < 4.78 is 38.4. The largest absolute Gasteiger partial charge is 0.419 e. The SMILES string of the molecule is C[C@@H]1CN(c2ncc(C(F)(F)F)cn2)C[C@H](C)N1C(=O)NC1CC2(C1)CN(CCC(C)(C)C)C2. The maximum absolute atomic E-state index is 13.0. The van der Waals surface area contributed by atoms with Crippen molar-refractivity contribution in [3.8, 4) is 0 Å². The highest BCUT2D eigenvalue weighted by Crippen LogP contribution is 2.48. The highest BCUT2D eigenvalue weighted by atomic mass is 19.4. The Balaban J connectivity index is 1.24. The molecular formula is C24H37F3N6O. The lowest BCUT2D eigenvalue weighted by atomic mass is 9.60. The molecular weight excluding hydrogens is 445 g/mol. The number of nitrogens with zero attached hydrogens (tertiary/aromatic N) is 5. The number of carbonyl (C=O) groups is 1. The van der Waals surface area contributed by atoms with Crippen molar-refractivity contribution in [1.82, 2.24) is 25.1 Å². The summed E-state index contributed by atoms with van der Waals surface area (Å²) in [5.74, 6) is 0.258. The first-order valence-electron chi connectivity index (χ1n) is 12.2. The Morgan fingerprint density at radius 3 is 2.15 bits per heavy atom. The Hall–Kier alpha value is -2.10. The number of amides is 2. The third-order valence-electron chi connectivity index (χ3n) is 7.38. The molecule has 1 saturated carbocycles. The summed E-state index contributed by atoms with van der Waals surface area (Å²) in [6.07, 6.45) is 0.435. The molecule has 2 amide bonds. The fourth-order valence-corrected chi connectivity index (χ4v) is 5.67. The number of hydrogen-bond acceptors (Lipinski definition) is 5. The molecule has 3 aliphatic rings. The van der Waals surface area contributed by atoms with Crippen LogP contribution in [0.1, 0.15) is 59.4 Å². The number of alkyl halides is 3. The van der Waals surface area contributed by atoms with E-state index in [1.807, 2.05) is 23.6 Å². The van der Waals surface area contributed by atoms with E-state index < -0.39 is 11.7 Å². The second kappa shape index (κ2) is 8.84. The molecule has 3 fully saturated rings. The first-order valence-corrected chi connectivity index (χ1v) is 12.2. The Labute approximate surface area is 200 Å². The molecule has 2 saturated heterocycles. The van der Waals surface area contributed by atoms with Crippen molar-refractivity contribution in [2.45, 2.75) is 78.2 Å². The number of likely N-dealkylation sites (tertiary alicyclic amines) is 1. The third kappa shape index (κ3) is 5.42. The van der Waals surface area contributed by atoms with Crippen LogP contribution in [-0.4, -0.2) is 76.6 Å². The van der Waals surface area contributed by atoms with Gasteiger partial charge in [0.1, 0.15) is 0 Å². The van der Waals surface area contributed by atoms with Crippen molar-refractivity contribution >= 4 is 12.0 Å². The molecule has 7 nitrogen and oxygen atoms in total. The van der Waals surface area contributed by atoms with Crippen LogP contribution in [0.5, 0.6) is 0 Å². The second-order valence-corrected chi connectivity index (χ2v) is 11.9. The lowest BCUT2D eigenvalue weighted by molar-refractivity contribution is -0.138. The van der Waals surface area contributed by atoms with E-state index in [4.69, 9.17) is 0 Å². The number of piperazine rings is 1. The molecule has 1 aromatic heterocycles. The average Bonchev–Trinajstić information content (AvgIpc) is 2.66. The standard InChI is InChI=1S/C24H37F3N6O/c1-16-12-32(20-28-10-18(11-29-20)24(25,26)27)13-17(2)33(16)21(34)30-19-8-23(9-19)14-31(15-23)7-6-22(3,4)5/h10-11,16-17,19H,6-9,12-15H2,1-5H3,(H,30,34)/t16-,17+. The van der Waals surface area contributed by atoms with Crippen molar-refractivity contribution in [2.24, 2.45) is 10.8 Å². The van der Waals surface area contributed by atoms with Gasteiger partial charge in [0.2, 0.25) is 5.95 Å². The molecule has 2 atom stereocenters.